The van der Waals surface area contributed by atoms with Gasteiger partial charge in [0, 0.05) is 6.42 Å². The summed E-state index contributed by atoms with van der Waals surface area (Å²) in [6, 6.07) is 0. The molecule has 28 heavy (non-hydrogen) atoms. The molecule has 0 aliphatic heterocycles. The number of carbonyl (C=O) groups excluding carboxylic acids is 1. The van der Waals surface area contributed by atoms with E-state index in [2.05, 4.69) is 20.8 Å². The number of ether oxygens (including phenoxy) is 1. The Bertz CT molecular complexity index is 588. The first-order valence-electron chi connectivity index (χ1n) is 12.1. The fourth-order valence-electron chi connectivity index (χ4n) is 8.87. The van der Waals surface area contributed by atoms with Crippen LogP contribution in [-0.2, 0) is 9.53 Å². The SMILES string of the molecule is COC(=O)CCC(C)C1CCC2C3CCC4CCCCC4(C)C3C[C@H](O)C12C. The zero-order chi connectivity index (χ0) is 20.1. The molecule has 160 valence electrons. The van der Waals surface area contributed by atoms with Gasteiger partial charge < -0.3 is 9.84 Å². The van der Waals surface area contributed by atoms with Gasteiger partial charge in [-0.15, -0.1) is 0 Å². The topological polar surface area (TPSA) is 46.5 Å². The lowest BCUT2D eigenvalue weighted by Gasteiger charge is -2.62. The summed E-state index contributed by atoms with van der Waals surface area (Å²) in [5, 5.41) is 11.5. The Labute approximate surface area is 172 Å². The molecule has 4 fully saturated rings. The minimum absolute atomic E-state index is 0.0363. The number of hydrogen-bond donors (Lipinski definition) is 1. The monoisotopic (exact) mass is 390 g/mol. The van der Waals surface area contributed by atoms with E-state index in [1.807, 2.05) is 0 Å². The van der Waals surface area contributed by atoms with Gasteiger partial charge in [0.05, 0.1) is 13.2 Å². The van der Waals surface area contributed by atoms with Gasteiger partial charge in [-0.3, -0.25) is 4.79 Å². The van der Waals surface area contributed by atoms with E-state index in [1.165, 1.54) is 58.5 Å². The van der Waals surface area contributed by atoms with E-state index in [-0.39, 0.29) is 17.5 Å². The molecule has 4 saturated carbocycles. The minimum Gasteiger partial charge on any atom is -0.469 e. The molecule has 4 aliphatic rings. The number of esters is 1. The molecular weight excluding hydrogens is 348 g/mol. The summed E-state index contributed by atoms with van der Waals surface area (Å²) < 4.78 is 4.86. The lowest BCUT2D eigenvalue weighted by Crippen LogP contribution is -2.58. The second-order valence-electron chi connectivity index (χ2n) is 11.3. The van der Waals surface area contributed by atoms with E-state index in [9.17, 15) is 9.90 Å². The first kappa shape index (κ1) is 20.7. The molecule has 0 radical (unpaired) electrons. The number of aliphatic hydroxyl groups excluding tert-OH is 1. The number of methoxy groups -OCH3 is 1. The lowest BCUT2D eigenvalue weighted by molar-refractivity contribution is -0.168. The van der Waals surface area contributed by atoms with Gasteiger partial charge in [-0.1, -0.05) is 33.6 Å². The summed E-state index contributed by atoms with van der Waals surface area (Å²) in [7, 11) is 1.48. The van der Waals surface area contributed by atoms with E-state index in [0.29, 0.717) is 29.6 Å². The lowest BCUT2D eigenvalue weighted by atomic mass is 9.44. The second kappa shape index (κ2) is 7.60. The summed E-state index contributed by atoms with van der Waals surface area (Å²) >= 11 is 0. The van der Waals surface area contributed by atoms with Crippen LogP contribution in [0, 0.1) is 46.3 Å². The zero-order valence-electron chi connectivity index (χ0n) is 18.6. The van der Waals surface area contributed by atoms with Crippen LogP contribution in [0.1, 0.15) is 91.4 Å². The molecule has 3 nitrogen and oxygen atoms in total. The molecule has 0 heterocycles. The summed E-state index contributed by atoms with van der Waals surface area (Å²) in [6.07, 6.45) is 13.2. The number of hydrogen-bond acceptors (Lipinski definition) is 3. The van der Waals surface area contributed by atoms with Crippen molar-refractivity contribution in [1.82, 2.24) is 0 Å². The van der Waals surface area contributed by atoms with Crippen molar-refractivity contribution < 1.29 is 14.6 Å². The highest BCUT2D eigenvalue weighted by Crippen LogP contribution is 2.68. The number of carbonyl (C=O) groups is 1. The van der Waals surface area contributed by atoms with E-state index in [1.54, 1.807) is 0 Å². The van der Waals surface area contributed by atoms with Crippen LogP contribution >= 0.6 is 0 Å². The van der Waals surface area contributed by atoms with E-state index in [0.717, 1.165) is 30.6 Å². The maximum Gasteiger partial charge on any atom is 0.305 e. The minimum atomic E-state index is -0.177. The quantitative estimate of drug-likeness (QED) is 0.636. The molecular formula is C25H42O3. The number of rotatable bonds is 4. The summed E-state index contributed by atoms with van der Waals surface area (Å²) in [6.45, 7) is 7.29. The normalized spacial score (nSPS) is 48.9. The molecule has 3 heteroatoms. The highest BCUT2D eigenvalue weighted by Gasteiger charge is 2.63. The average Bonchev–Trinajstić information content (AvgIpc) is 3.05. The van der Waals surface area contributed by atoms with Gasteiger partial charge in [0.15, 0.2) is 0 Å². The second-order valence-corrected chi connectivity index (χ2v) is 11.3. The Morgan fingerprint density at radius 3 is 2.64 bits per heavy atom. The van der Waals surface area contributed by atoms with Crippen LogP contribution in [0.3, 0.4) is 0 Å². The summed E-state index contributed by atoms with van der Waals surface area (Å²) in [5.74, 6) is 4.02. The fourth-order valence-corrected chi connectivity index (χ4v) is 8.87. The van der Waals surface area contributed by atoms with E-state index < -0.39 is 0 Å². The van der Waals surface area contributed by atoms with Crippen molar-refractivity contribution >= 4 is 5.97 Å². The molecule has 4 aliphatic carbocycles. The number of fused-ring (bicyclic) bond motifs is 5. The van der Waals surface area contributed by atoms with Crippen LogP contribution in [0.2, 0.25) is 0 Å². The van der Waals surface area contributed by atoms with Gasteiger partial charge in [-0.2, -0.15) is 0 Å². The van der Waals surface area contributed by atoms with Crippen LogP contribution in [-0.4, -0.2) is 24.3 Å². The van der Waals surface area contributed by atoms with Crippen LogP contribution in [0.4, 0.5) is 0 Å². The van der Waals surface area contributed by atoms with Crippen LogP contribution in [0.5, 0.6) is 0 Å². The van der Waals surface area contributed by atoms with E-state index in [4.69, 9.17) is 4.74 Å². The molecule has 1 N–H and O–H groups in total. The van der Waals surface area contributed by atoms with Gasteiger partial charge in [-0.05, 0) is 97.7 Å². The van der Waals surface area contributed by atoms with Crippen LogP contribution in [0.15, 0.2) is 0 Å². The van der Waals surface area contributed by atoms with Gasteiger partial charge in [0.2, 0.25) is 0 Å². The van der Waals surface area contributed by atoms with E-state index >= 15 is 0 Å². The van der Waals surface area contributed by atoms with Crippen molar-refractivity contribution in [3.05, 3.63) is 0 Å². The Morgan fingerprint density at radius 2 is 1.89 bits per heavy atom. The molecule has 0 aromatic carbocycles. The van der Waals surface area contributed by atoms with Crippen LogP contribution in [0.25, 0.3) is 0 Å². The molecule has 8 unspecified atom stereocenters. The molecule has 0 spiro atoms. The van der Waals surface area contributed by atoms with Crippen molar-refractivity contribution in [2.24, 2.45) is 46.3 Å². The average molecular weight is 391 g/mol. The number of aliphatic hydroxyl groups is 1. The van der Waals surface area contributed by atoms with Gasteiger partial charge in [0.25, 0.3) is 0 Å². The first-order valence-corrected chi connectivity index (χ1v) is 12.1. The Balaban J connectivity index is 1.54. The summed E-state index contributed by atoms with van der Waals surface area (Å²) in [4.78, 5) is 11.6. The molecule has 0 amide bonds. The molecule has 0 saturated heterocycles. The molecule has 9 atom stereocenters. The largest absolute Gasteiger partial charge is 0.469 e. The maximum absolute atomic E-state index is 11.6. The molecule has 0 bridgehead atoms. The third-order valence-corrected chi connectivity index (χ3v) is 10.5. The third kappa shape index (κ3) is 3.06. The van der Waals surface area contributed by atoms with Crippen molar-refractivity contribution in [2.45, 2.75) is 97.5 Å². The van der Waals surface area contributed by atoms with Crippen molar-refractivity contribution in [1.29, 1.82) is 0 Å². The highest BCUT2D eigenvalue weighted by atomic mass is 16.5. The predicted molar refractivity (Wildman–Crippen MR) is 112 cm³/mol. The first-order chi connectivity index (χ1) is 13.3. The van der Waals surface area contributed by atoms with Crippen molar-refractivity contribution in [3.8, 4) is 0 Å². The smallest absolute Gasteiger partial charge is 0.305 e. The van der Waals surface area contributed by atoms with Crippen LogP contribution < -0.4 is 0 Å². The van der Waals surface area contributed by atoms with Gasteiger partial charge in [0.1, 0.15) is 0 Å². The predicted octanol–water partition coefficient (Wildman–Crippen LogP) is 5.60. The fraction of sp³-hybridized carbons (Fsp3) is 0.960. The van der Waals surface area contributed by atoms with Crippen molar-refractivity contribution in [3.63, 3.8) is 0 Å². The molecule has 0 aromatic rings. The Kier molecular flexibility index (Phi) is 5.61. The Morgan fingerprint density at radius 1 is 1.11 bits per heavy atom. The van der Waals surface area contributed by atoms with Gasteiger partial charge >= 0.3 is 5.97 Å². The highest BCUT2D eigenvalue weighted by molar-refractivity contribution is 5.69. The maximum atomic E-state index is 11.6. The Hall–Kier alpha value is -0.570. The standard InChI is InChI=1S/C25H42O3/c1-16(8-13-23(27)28-4)19-11-12-20-18-10-9-17-7-5-6-14-24(17,2)21(18)15-22(26)25(19,20)3/h16-22,26H,5-15H2,1-4H3/t16?,17?,18?,19?,20?,21?,22-,24?,25?/m0/s1. The third-order valence-electron chi connectivity index (χ3n) is 10.5. The summed E-state index contributed by atoms with van der Waals surface area (Å²) in [5.41, 5.74) is 0.507. The van der Waals surface area contributed by atoms with Crippen molar-refractivity contribution in [2.75, 3.05) is 7.11 Å². The molecule has 0 aromatic heterocycles. The zero-order valence-corrected chi connectivity index (χ0v) is 18.6. The molecule has 4 rings (SSSR count). The van der Waals surface area contributed by atoms with Gasteiger partial charge in [-0.25, -0.2) is 0 Å².